The summed E-state index contributed by atoms with van der Waals surface area (Å²) in [6.07, 6.45) is 1.32. The number of hydrogen-bond acceptors (Lipinski definition) is 5. The van der Waals surface area contributed by atoms with E-state index < -0.39 is 10.8 Å². The van der Waals surface area contributed by atoms with Gasteiger partial charge in [0.25, 0.3) is 11.6 Å². The minimum Gasteiger partial charge on any atom is -0.459 e. The number of carbonyl (C=O) groups is 1. The molecule has 0 unspecified atom stereocenters. The Balaban J connectivity index is 2.09. The van der Waals surface area contributed by atoms with Crippen LogP contribution in [0.15, 0.2) is 38.3 Å². The Labute approximate surface area is 138 Å². The Kier molecular flexibility index (Phi) is 4.94. The summed E-state index contributed by atoms with van der Waals surface area (Å²) in [5.74, 6) is 0.534. The monoisotopic (exact) mass is 385 g/mol. The van der Waals surface area contributed by atoms with E-state index in [0.29, 0.717) is 11.5 Å². The highest BCUT2D eigenvalue weighted by atomic mass is 79.9. The molecule has 22 heavy (non-hydrogen) atoms. The third kappa shape index (κ3) is 3.71. The number of furan rings is 1. The number of nitrogens with zero attached hydrogens (tertiary/aromatic N) is 2. The van der Waals surface area contributed by atoms with Crippen molar-refractivity contribution >= 4 is 45.3 Å². The molecule has 0 aliphatic carbocycles. The molecule has 0 fully saturated rings. The van der Waals surface area contributed by atoms with E-state index in [2.05, 4.69) is 26.5 Å². The van der Waals surface area contributed by atoms with Crippen LogP contribution in [-0.4, -0.2) is 17.0 Å². The molecule has 2 aromatic rings. The molecule has 9 heteroatoms. The SMILES string of the molecule is Cc1oc(/C=N\NC(=O)c2ccc(Cl)c([N+](=O)[O-])c2)cc1Br. The predicted molar refractivity (Wildman–Crippen MR) is 84.3 cm³/mol. The van der Waals surface area contributed by atoms with Crippen molar-refractivity contribution in [1.29, 1.82) is 0 Å². The number of hydrazone groups is 1. The van der Waals surface area contributed by atoms with Crippen LogP contribution in [0.5, 0.6) is 0 Å². The van der Waals surface area contributed by atoms with Gasteiger partial charge < -0.3 is 4.42 Å². The molecule has 0 radical (unpaired) electrons. The van der Waals surface area contributed by atoms with Gasteiger partial charge in [-0.3, -0.25) is 14.9 Å². The number of nitrogens with one attached hydrogen (secondary N) is 1. The zero-order chi connectivity index (χ0) is 16.3. The molecule has 0 saturated carbocycles. The molecule has 0 aliphatic rings. The zero-order valence-electron chi connectivity index (χ0n) is 11.2. The van der Waals surface area contributed by atoms with E-state index in [-0.39, 0.29) is 16.3 Å². The standard InChI is InChI=1S/C13H9BrClN3O4/c1-7-10(14)5-9(22-7)6-16-17-13(19)8-2-3-11(15)12(4-8)18(20)21/h2-6H,1H3,(H,17,19)/b16-6-. The first-order chi connectivity index (χ1) is 10.4. The number of rotatable bonds is 4. The van der Waals surface area contributed by atoms with Crippen LogP contribution in [0.25, 0.3) is 0 Å². The minimum atomic E-state index is -0.661. The van der Waals surface area contributed by atoms with E-state index in [4.69, 9.17) is 16.0 Å². The minimum absolute atomic E-state index is 0.0408. The topological polar surface area (TPSA) is 97.7 Å². The summed E-state index contributed by atoms with van der Waals surface area (Å²) in [6, 6.07) is 5.43. The van der Waals surface area contributed by atoms with Gasteiger partial charge in [0.15, 0.2) is 0 Å². The van der Waals surface area contributed by atoms with Crippen molar-refractivity contribution in [2.75, 3.05) is 0 Å². The number of amides is 1. The molecule has 0 spiro atoms. The molecule has 2 rings (SSSR count). The van der Waals surface area contributed by atoms with E-state index in [1.54, 1.807) is 13.0 Å². The fraction of sp³-hybridized carbons (Fsp3) is 0.0769. The Bertz CT molecular complexity index is 753. The van der Waals surface area contributed by atoms with E-state index in [1.807, 2.05) is 0 Å². The van der Waals surface area contributed by atoms with Crippen molar-refractivity contribution < 1.29 is 14.1 Å². The lowest BCUT2D eigenvalue weighted by molar-refractivity contribution is -0.384. The van der Waals surface area contributed by atoms with Gasteiger partial charge in [-0.15, -0.1) is 0 Å². The normalized spacial score (nSPS) is 10.9. The molecule has 114 valence electrons. The summed E-state index contributed by atoms with van der Waals surface area (Å²) in [5, 5.41) is 14.5. The summed E-state index contributed by atoms with van der Waals surface area (Å²) in [6.45, 7) is 1.77. The van der Waals surface area contributed by atoms with Gasteiger partial charge >= 0.3 is 0 Å². The van der Waals surface area contributed by atoms with Crippen LogP contribution in [0.3, 0.4) is 0 Å². The first-order valence-electron chi connectivity index (χ1n) is 5.91. The van der Waals surface area contributed by atoms with E-state index in [0.717, 1.165) is 10.5 Å². The summed E-state index contributed by atoms with van der Waals surface area (Å²) in [7, 11) is 0. The number of carbonyl (C=O) groups excluding carboxylic acids is 1. The van der Waals surface area contributed by atoms with Crippen LogP contribution in [-0.2, 0) is 0 Å². The van der Waals surface area contributed by atoms with Crippen LogP contribution in [0.1, 0.15) is 21.9 Å². The van der Waals surface area contributed by atoms with Crippen LogP contribution < -0.4 is 5.43 Å². The van der Waals surface area contributed by atoms with Gasteiger partial charge in [0.05, 0.1) is 15.6 Å². The van der Waals surface area contributed by atoms with Crippen molar-refractivity contribution in [2.24, 2.45) is 5.10 Å². The Morgan fingerprint density at radius 2 is 2.23 bits per heavy atom. The molecule has 0 aliphatic heterocycles. The van der Waals surface area contributed by atoms with Gasteiger partial charge in [0, 0.05) is 17.7 Å². The molecule has 0 atom stereocenters. The van der Waals surface area contributed by atoms with Crippen molar-refractivity contribution in [3.8, 4) is 0 Å². The number of nitro groups is 1. The fourth-order valence-electron chi connectivity index (χ4n) is 1.56. The number of halogens is 2. The van der Waals surface area contributed by atoms with E-state index in [1.165, 1.54) is 18.3 Å². The molecule has 1 N–H and O–H groups in total. The van der Waals surface area contributed by atoms with Crippen molar-refractivity contribution in [3.63, 3.8) is 0 Å². The summed E-state index contributed by atoms with van der Waals surface area (Å²) in [5.41, 5.74) is 1.98. The van der Waals surface area contributed by atoms with Crippen molar-refractivity contribution in [3.05, 3.63) is 61.0 Å². The molecular formula is C13H9BrClN3O4. The maximum absolute atomic E-state index is 11.9. The highest BCUT2D eigenvalue weighted by Gasteiger charge is 2.15. The van der Waals surface area contributed by atoms with Gasteiger partial charge in [-0.1, -0.05) is 11.6 Å². The first kappa shape index (κ1) is 16.2. The summed E-state index contributed by atoms with van der Waals surface area (Å²) < 4.78 is 6.10. The lowest BCUT2D eigenvalue weighted by Crippen LogP contribution is -2.17. The zero-order valence-corrected chi connectivity index (χ0v) is 13.5. The number of hydrogen-bond donors (Lipinski definition) is 1. The lowest BCUT2D eigenvalue weighted by atomic mass is 10.2. The van der Waals surface area contributed by atoms with Gasteiger partial charge in [-0.05, 0) is 35.0 Å². The predicted octanol–water partition coefficient (Wildman–Crippen LogP) is 3.68. The lowest BCUT2D eigenvalue weighted by Gasteiger charge is -2.00. The Hall–Kier alpha value is -2.19. The maximum Gasteiger partial charge on any atom is 0.288 e. The van der Waals surface area contributed by atoms with Crippen molar-refractivity contribution in [1.82, 2.24) is 5.43 Å². The largest absolute Gasteiger partial charge is 0.459 e. The smallest absolute Gasteiger partial charge is 0.288 e. The molecular weight excluding hydrogens is 378 g/mol. The molecule has 0 saturated heterocycles. The first-order valence-corrected chi connectivity index (χ1v) is 7.09. The number of benzene rings is 1. The van der Waals surface area contributed by atoms with Crippen LogP contribution >= 0.6 is 27.5 Å². The van der Waals surface area contributed by atoms with Gasteiger partial charge in [0.2, 0.25) is 0 Å². The summed E-state index contributed by atoms with van der Waals surface area (Å²) >= 11 is 8.96. The van der Waals surface area contributed by atoms with E-state index in [9.17, 15) is 14.9 Å². The second-order valence-corrected chi connectivity index (χ2v) is 5.44. The highest BCUT2D eigenvalue weighted by molar-refractivity contribution is 9.10. The third-order valence-electron chi connectivity index (χ3n) is 2.64. The average molecular weight is 387 g/mol. The Morgan fingerprint density at radius 1 is 1.50 bits per heavy atom. The van der Waals surface area contributed by atoms with Crippen LogP contribution in [0.4, 0.5) is 5.69 Å². The summed E-state index contributed by atoms with van der Waals surface area (Å²) in [4.78, 5) is 22.0. The molecule has 0 bridgehead atoms. The average Bonchev–Trinajstić information content (AvgIpc) is 2.77. The molecule has 1 amide bonds. The van der Waals surface area contributed by atoms with Gasteiger partial charge in [-0.2, -0.15) is 5.10 Å². The Morgan fingerprint density at radius 3 is 2.82 bits per heavy atom. The molecule has 1 aromatic carbocycles. The van der Waals surface area contributed by atoms with E-state index >= 15 is 0 Å². The second-order valence-electron chi connectivity index (χ2n) is 4.18. The van der Waals surface area contributed by atoms with Gasteiger partial charge in [0.1, 0.15) is 16.5 Å². The molecule has 1 aromatic heterocycles. The number of aryl methyl sites for hydroxylation is 1. The van der Waals surface area contributed by atoms with Crippen molar-refractivity contribution in [2.45, 2.75) is 6.92 Å². The maximum atomic E-state index is 11.9. The molecule has 7 nitrogen and oxygen atoms in total. The fourth-order valence-corrected chi connectivity index (χ4v) is 2.05. The molecule has 1 heterocycles. The van der Waals surface area contributed by atoms with Crippen LogP contribution in [0, 0.1) is 17.0 Å². The highest BCUT2D eigenvalue weighted by Crippen LogP contribution is 2.25. The quantitative estimate of drug-likeness (QED) is 0.492. The van der Waals surface area contributed by atoms with Gasteiger partial charge in [-0.25, -0.2) is 5.43 Å². The number of nitro benzene ring substituents is 1. The van der Waals surface area contributed by atoms with Crippen LogP contribution in [0.2, 0.25) is 5.02 Å². The second kappa shape index (κ2) is 6.71. The third-order valence-corrected chi connectivity index (χ3v) is 3.75.